The van der Waals surface area contributed by atoms with E-state index < -0.39 is 0 Å². The Morgan fingerprint density at radius 1 is 1.12 bits per heavy atom. The molecule has 25 heavy (non-hydrogen) atoms. The predicted octanol–water partition coefficient (Wildman–Crippen LogP) is 2.96. The van der Waals surface area contributed by atoms with E-state index in [1.807, 2.05) is 24.3 Å². The Balaban J connectivity index is 1.83. The summed E-state index contributed by atoms with van der Waals surface area (Å²) in [5.41, 5.74) is 2.29. The third kappa shape index (κ3) is 4.16. The fourth-order valence-corrected chi connectivity index (χ4v) is 2.64. The van der Waals surface area contributed by atoms with E-state index in [2.05, 4.69) is 15.6 Å². The lowest BCUT2D eigenvalue weighted by molar-refractivity contribution is -0.119. The van der Waals surface area contributed by atoms with Gasteiger partial charge in [0.25, 0.3) is 0 Å². The van der Waals surface area contributed by atoms with Crippen LogP contribution in [0.25, 0.3) is 11.0 Å². The Bertz CT molecular complexity index is 918. The minimum Gasteiger partial charge on any atom is -0.349 e. The number of para-hydroxylation sites is 2. The number of hydrogen-bond donors (Lipinski definition) is 2. The van der Waals surface area contributed by atoms with E-state index in [4.69, 9.17) is 11.6 Å². The number of rotatable bonds is 5. The Labute approximate surface area is 149 Å². The van der Waals surface area contributed by atoms with Gasteiger partial charge in [-0.15, -0.1) is 0 Å². The largest absolute Gasteiger partial charge is 0.349 e. The minimum atomic E-state index is -0.186. The zero-order valence-electron chi connectivity index (χ0n) is 13.6. The SMILES string of the molecule is CC(=O)NCc1nc2ccccc2n1CC(=O)Nc1ccc(Cl)cc1. The summed E-state index contributed by atoms with van der Waals surface area (Å²) in [6.45, 7) is 1.80. The van der Waals surface area contributed by atoms with Crippen molar-refractivity contribution in [3.63, 3.8) is 0 Å². The van der Waals surface area contributed by atoms with Gasteiger partial charge in [0.15, 0.2) is 0 Å². The molecule has 0 spiro atoms. The van der Waals surface area contributed by atoms with Gasteiger partial charge < -0.3 is 15.2 Å². The molecule has 0 atom stereocenters. The van der Waals surface area contributed by atoms with Gasteiger partial charge in [0.2, 0.25) is 11.8 Å². The minimum absolute atomic E-state index is 0.0953. The molecule has 128 valence electrons. The van der Waals surface area contributed by atoms with E-state index in [9.17, 15) is 9.59 Å². The molecule has 0 radical (unpaired) electrons. The Hall–Kier alpha value is -2.86. The monoisotopic (exact) mass is 356 g/mol. The van der Waals surface area contributed by atoms with Crippen molar-refractivity contribution in [2.24, 2.45) is 0 Å². The highest BCUT2D eigenvalue weighted by Crippen LogP contribution is 2.17. The first-order chi connectivity index (χ1) is 12.0. The molecule has 0 aliphatic heterocycles. The van der Waals surface area contributed by atoms with Crippen molar-refractivity contribution >= 4 is 40.1 Å². The molecule has 0 saturated carbocycles. The molecule has 3 aromatic rings. The van der Waals surface area contributed by atoms with Crippen LogP contribution in [-0.4, -0.2) is 21.4 Å². The van der Waals surface area contributed by atoms with Crippen LogP contribution in [0.1, 0.15) is 12.7 Å². The standard InChI is InChI=1S/C18H17ClN4O2/c1-12(24)20-10-17-22-15-4-2-3-5-16(15)23(17)11-18(25)21-14-8-6-13(19)7-9-14/h2-9H,10-11H2,1H3,(H,20,24)(H,21,25). The number of amides is 2. The fourth-order valence-electron chi connectivity index (χ4n) is 2.52. The number of halogens is 1. The normalized spacial score (nSPS) is 10.6. The highest BCUT2D eigenvalue weighted by molar-refractivity contribution is 6.30. The molecule has 0 aliphatic rings. The number of carbonyl (C=O) groups is 2. The smallest absolute Gasteiger partial charge is 0.244 e. The molecular weight excluding hydrogens is 340 g/mol. The summed E-state index contributed by atoms with van der Waals surface area (Å²) in [6, 6.07) is 14.5. The van der Waals surface area contributed by atoms with Crippen LogP contribution in [0.2, 0.25) is 5.02 Å². The maximum Gasteiger partial charge on any atom is 0.244 e. The summed E-state index contributed by atoms with van der Waals surface area (Å²) in [7, 11) is 0. The summed E-state index contributed by atoms with van der Waals surface area (Å²) in [5, 5.41) is 6.16. The Morgan fingerprint density at radius 3 is 2.56 bits per heavy atom. The first kappa shape index (κ1) is 17.0. The van der Waals surface area contributed by atoms with E-state index in [0.717, 1.165) is 11.0 Å². The van der Waals surface area contributed by atoms with Crippen molar-refractivity contribution in [3.8, 4) is 0 Å². The molecule has 0 aliphatic carbocycles. The van der Waals surface area contributed by atoms with Gasteiger partial charge in [-0.3, -0.25) is 9.59 Å². The van der Waals surface area contributed by atoms with Crippen LogP contribution >= 0.6 is 11.6 Å². The van der Waals surface area contributed by atoms with E-state index in [1.165, 1.54) is 6.92 Å². The van der Waals surface area contributed by atoms with Gasteiger partial charge in [0.05, 0.1) is 17.6 Å². The first-order valence-electron chi connectivity index (χ1n) is 7.77. The van der Waals surface area contributed by atoms with Gasteiger partial charge in [0.1, 0.15) is 12.4 Å². The molecule has 1 heterocycles. The summed E-state index contributed by atoms with van der Waals surface area (Å²) in [4.78, 5) is 28.1. The molecule has 6 nitrogen and oxygen atoms in total. The zero-order valence-corrected chi connectivity index (χ0v) is 14.4. The summed E-state index contributed by atoms with van der Waals surface area (Å²) in [5.74, 6) is 0.293. The third-order valence-electron chi connectivity index (χ3n) is 3.66. The van der Waals surface area contributed by atoms with E-state index >= 15 is 0 Å². The van der Waals surface area contributed by atoms with Crippen LogP contribution in [0, 0.1) is 0 Å². The molecule has 0 unspecified atom stereocenters. The van der Waals surface area contributed by atoms with Crippen LogP contribution in [0.15, 0.2) is 48.5 Å². The average Bonchev–Trinajstić information content (AvgIpc) is 2.93. The highest BCUT2D eigenvalue weighted by atomic mass is 35.5. The summed E-state index contributed by atoms with van der Waals surface area (Å²) in [6.07, 6.45) is 0. The molecule has 0 fully saturated rings. The van der Waals surface area contributed by atoms with Crippen LogP contribution in [0.3, 0.4) is 0 Å². The maximum atomic E-state index is 12.4. The quantitative estimate of drug-likeness (QED) is 0.738. The van der Waals surface area contributed by atoms with E-state index in [-0.39, 0.29) is 24.9 Å². The second kappa shape index (κ2) is 7.36. The van der Waals surface area contributed by atoms with Gasteiger partial charge in [-0.2, -0.15) is 0 Å². The van der Waals surface area contributed by atoms with Crippen LogP contribution in [-0.2, 0) is 22.7 Å². The van der Waals surface area contributed by atoms with Crippen LogP contribution in [0.5, 0.6) is 0 Å². The average molecular weight is 357 g/mol. The van der Waals surface area contributed by atoms with Crippen LogP contribution < -0.4 is 10.6 Å². The number of imidazole rings is 1. The van der Waals surface area contributed by atoms with Crippen molar-refractivity contribution in [2.75, 3.05) is 5.32 Å². The third-order valence-corrected chi connectivity index (χ3v) is 3.91. The number of fused-ring (bicyclic) bond motifs is 1. The van der Waals surface area contributed by atoms with E-state index in [1.54, 1.807) is 28.8 Å². The zero-order chi connectivity index (χ0) is 17.8. The summed E-state index contributed by atoms with van der Waals surface area (Å²) >= 11 is 5.85. The van der Waals surface area contributed by atoms with Gasteiger partial charge in [-0.05, 0) is 36.4 Å². The maximum absolute atomic E-state index is 12.4. The number of benzene rings is 2. The van der Waals surface area contributed by atoms with Crippen LogP contribution in [0.4, 0.5) is 5.69 Å². The van der Waals surface area contributed by atoms with Crippen molar-refractivity contribution in [3.05, 3.63) is 59.4 Å². The predicted molar refractivity (Wildman–Crippen MR) is 97.3 cm³/mol. The number of anilines is 1. The Morgan fingerprint density at radius 2 is 1.84 bits per heavy atom. The van der Waals surface area contributed by atoms with Crippen molar-refractivity contribution in [2.45, 2.75) is 20.0 Å². The van der Waals surface area contributed by atoms with E-state index in [0.29, 0.717) is 16.5 Å². The lowest BCUT2D eigenvalue weighted by Crippen LogP contribution is -2.24. The second-order valence-electron chi connectivity index (χ2n) is 5.57. The Kier molecular flexibility index (Phi) is 5.00. The molecule has 1 aromatic heterocycles. The molecule has 2 aromatic carbocycles. The molecule has 3 rings (SSSR count). The highest BCUT2D eigenvalue weighted by Gasteiger charge is 2.14. The molecule has 0 saturated heterocycles. The fraction of sp³-hybridized carbons (Fsp3) is 0.167. The lowest BCUT2D eigenvalue weighted by atomic mass is 10.3. The van der Waals surface area contributed by atoms with Gasteiger partial charge in [-0.1, -0.05) is 23.7 Å². The lowest BCUT2D eigenvalue weighted by Gasteiger charge is -2.10. The van der Waals surface area contributed by atoms with Gasteiger partial charge >= 0.3 is 0 Å². The second-order valence-corrected chi connectivity index (χ2v) is 6.00. The molecule has 2 N–H and O–H groups in total. The van der Waals surface area contributed by atoms with Gasteiger partial charge in [0, 0.05) is 17.6 Å². The number of aromatic nitrogens is 2. The topological polar surface area (TPSA) is 76.0 Å². The molecular formula is C18H17ClN4O2. The number of nitrogens with zero attached hydrogens (tertiary/aromatic N) is 2. The molecule has 0 bridgehead atoms. The molecule has 7 heteroatoms. The number of hydrogen-bond acceptors (Lipinski definition) is 3. The van der Waals surface area contributed by atoms with Crippen molar-refractivity contribution < 1.29 is 9.59 Å². The van der Waals surface area contributed by atoms with Crippen molar-refractivity contribution in [1.82, 2.24) is 14.9 Å². The van der Waals surface area contributed by atoms with Crippen molar-refractivity contribution in [1.29, 1.82) is 0 Å². The number of nitrogens with one attached hydrogen (secondary N) is 2. The molecule has 2 amide bonds. The summed E-state index contributed by atoms with van der Waals surface area (Å²) < 4.78 is 1.80. The van der Waals surface area contributed by atoms with Gasteiger partial charge in [-0.25, -0.2) is 4.98 Å². The first-order valence-corrected chi connectivity index (χ1v) is 8.15. The number of carbonyl (C=O) groups excluding carboxylic acids is 2.